The number of hydrogen-bond donors (Lipinski definition) is 2. The van der Waals surface area contributed by atoms with Crippen molar-refractivity contribution in [2.24, 2.45) is 4.99 Å². The second-order valence-corrected chi connectivity index (χ2v) is 6.24. The summed E-state index contributed by atoms with van der Waals surface area (Å²) in [7, 11) is 0. The first-order valence-corrected chi connectivity index (χ1v) is 8.53. The molecule has 1 aliphatic carbocycles. The topological polar surface area (TPSA) is 70.6 Å². The van der Waals surface area contributed by atoms with Crippen LogP contribution in [0.4, 0.5) is 10.1 Å². The van der Waals surface area contributed by atoms with Crippen LogP contribution in [0, 0.1) is 5.82 Å². The van der Waals surface area contributed by atoms with E-state index in [1.165, 1.54) is 24.3 Å². The third-order valence-electron chi connectivity index (χ3n) is 4.41. The summed E-state index contributed by atoms with van der Waals surface area (Å²) in [6.07, 6.45) is 6.58. The lowest BCUT2D eigenvalue weighted by Gasteiger charge is -2.11. The van der Waals surface area contributed by atoms with Crippen LogP contribution in [0.3, 0.4) is 0 Å². The maximum Gasteiger partial charge on any atom is 0.275 e. The van der Waals surface area contributed by atoms with E-state index >= 15 is 0 Å². The Kier molecular flexibility index (Phi) is 4.38. The molecule has 0 unspecified atom stereocenters. The molecule has 6 heteroatoms. The van der Waals surface area contributed by atoms with Crippen LogP contribution in [0.5, 0.6) is 0 Å². The summed E-state index contributed by atoms with van der Waals surface area (Å²) in [6, 6.07) is 11.0. The summed E-state index contributed by atoms with van der Waals surface area (Å²) in [5.74, 6) is -1.13. The Morgan fingerprint density at radius 3 is 2.63 bits per heavy atom. The van der Waals surface area contributed by atoms with Crippen LogP contribution in [0.15, 0.2) is 65.3 Å². The lowest BCUT2D eigenvalue weighted by Crippen LogP contribution is -2.32. The van der Waals surface area contributed by atoms with E-state index in [2.05, 4.69) is 21.7 Å². The second-order valence-electron chi connectivity index (χ2n) is 6.24. The summed E-state index contributed by atoms with van der Waals surface area (Å²) in [5.41, 5.74) is 3.73. The molecule has 4 rings (SSSR count). The molecule has 1 aliphatic heterocycles. The van der Waals surface area contributed by atoms with Crippen LogP contribution >= 0.6 is 0 Å². The lowest BCUT2D eigenvalue weighted by molar-refractivity contribution is -0.110. The number of aliphatic imine (C=N–C) groups is 1. The third-order valence-corrected chi connectivity index (χ3v) is 4.41. The van der Waals surface area contributed by atoms with Crippen LogP contribution in [0.25, 0.3) is 6.08 Å². The molecule has 5 nitrogen and oxygen atoms in total. The fourth-order valence-electron chi connectivity index (χ4n) is 3.03. The average Bonchev–Trinajstić information content (AvgIpc) is 3.32. The number of halogens is 1. The molecule has 0 saturated heterocycles. The van der Waals surface area contributed by atoms with Crippen LogP contribution in [0.2, 0.25) is 0 Å². The maximum absolute atomic E-state index is 13.0. The van der Waals surface area contributed by atoms with E-state index in [0.717, 1.165) is 17.5 Å². The van der Waals surface area contributed by atoms with E-state index in [0.29, 0.717) is 23.5 Å². The van der Waals surface area contributed by atoms with Crippen molar-refractivity contribution >= 4 is 29.3 Å². The SMILES string of the molecule is O=C(Nc1ccc(F)cc1)C1=NCC=C1NC(=O)c1ccc2c(c1)CC=C2. The highest BCUT2D eigenvalue weighted by atomic mass is 19.1. The molecule has 2 amide bonds. The van der Waals surface area contributed by atoms with Gasteiger partial charge in [-0.2, -0.15) is 0 Å². The van der Waals surface area contributed by atoms with Gasteiger partial charge in [0.25, 0.3) is 11.8 Å². The predicted octanol–water partition coefficient (Wildman–Crippen LogP) is 3.10. The summed E-state index contributed by atoms with van der Waals surface area (Å²) < 4.78 is 13.0. The Bertz CT molecular complexity index is 1020. The second kappa shape index (κ2) is 6.99. The molecule has 1 heterocycles. The van der Waals surface area contributed by atoms with Gasteiger partial charge < -0.3 is 10.6 Å². The van der Waals surface area contributed by atoms with E-state index < -0.39 is 5.91 Å². The number of nitrogens with one attached hydrogen (secondary N) is 2. The highest BCUT2D eigenvalue weighted by Crippen LogP contribution is 2.21. The number of allylic oxidation sites excluding steroid dienone is 1. The lowest BCUT2D eigenvalue weighted by atomic mass is 10.1. The minimum Gasteiger partial charge on any atom is -0.321 e. The van der Waals surface area contributed by atoms with Crippen LogP contribution in [-0.4, -0.2) is 24.1 Å². The summed E-state index contributed by atoms with van der Waals surface area (Å²) in [4.78, 5) is 29.2. The number of hydrogen-bond acceptors (Lipinski definition) is 3. The maximum atomic E-state index is 13.0. The van der Waals surface area contributed by atoms with Crippen LogP contribution < -0.4 is 10.6 Å². The van der Waals surface area contributed by atoms with Crippen molar-refractivity contribution in [3.05, 3.63) is 82.8 Å². The molecule has 2 aromatic carbocycles. The molecule has 0 fully saturated rings. The Labute approximate surface area is 155 Å². The van der Waals surface area contributed by atoms with Gasteiger partial charge in [0.15, 0.2) is 0 Å². The van der Waals surface area contributed by atoms with Gasteiger partial charge >= 0.3 is 0 Å². The van der Waals surface area contributed by atoms with Gasteiger partial charge in [0.2, 0.25) is 0 Å². The van der Waals surface area contributed by atoms with E-state index in [4.69, 9.17) is 0 Å². The summed E-state index contributed by atoms with van der Waals surface area (Å²) in [6.45, 7) is 0.315. The number of benzene rings is 2. The number of nitrogens with zero attached hydrogens (tertiary/aromatic N) is 1. The molecule has 27 heavy (non-hydrogen) atoms. The zero-order valence-electron chi connectivity index (χ0n) is 14.3. The van der Waals surface area contributed by atoms with Gasteiger partial charge in [-0.05, 0) is 60.0 Å². The van der Waals surface area contributed by atoms with E-state index in [-0.39, 0.29) is 17.4 Å². The largest absolute Gasteiger partial charge is 0.321 e. The quantitative estimate of drug-likeness (QED) is 0.878. The molecule has 2 aromatic rings. The van der Waals surface area contributed by atoms with Gasteiger partial charge in [-0.3, -0.25) is 14.6 Å². The standard InChI is InChI=1S/C21H16FN3O2/c22-16-6-8-17(9-7-16)24-21(27)19-18(10-11-23-19)25-20(26)15-5-4-13-2-1-3-14(13)12-15/h1-2,4-10,12H,3,11H2,(H,24,27)(H,25,26). The molecule has 0 saturated carbocycles. The molecular weight excluding hydrogens is 345 g/mol. The van der Waals surface area contributed by atoms with Crippen LogP contribution in [0.1, 0.15) is 21.5 Å². The predicted molar refractivity (Wildman–Crippen MR) is 102 cm³/mol. The summed E-state index contributed by atoms with van der Waals surface area (Å²) >= 11 is 0. The smallest absolute Gasteiger partial charge is 0.275 e. The molecule has 0 spiro atoms. The highest BCUT2D eigenvalue weighted by molar-refractivity contribution is 6.49. The fourth-order valence-corrected chi connectivity index (χ4v) is 3.03. The number of rotatable bonds is 4. The molecule has 134 valence electrons. The molecule has 0 radical (unpaired) electrons. The van der Waals surface area contributed by atoms with Crippen molar-refractivity contribution in [1.82, 2.24) is 5.32 Å². The van der Waals surface area contributed by atoms with Gasteiger partial charge in [0, 0.05) is 11.3 Å². The van der Waals surface area contributed by atoms with Crippen molar-refractivity contribution in [3.63, 3.8) is 0 Å². The van der Waals surface area contributed by atoms with Crippen molar-refractivity contribution in [3.8, 4) is 0 Å². The molecule has 2 aliphatic rings. The third kappa shape index (κ3) is 3.55. The number of amides is 2. The first-order valence-electron chi connectivity index (χ1n) is 8.53. The van der Waals surface area contributed by atoms with Crippen molar-refractivity contribution in [2.75, 3.05) is 11.9 Å². The zero-order valence-corrected chi connectivity index (χ0v) is 14.3. The van der Waals surface area contributed by atoms with Gasteiger partial charge in [-0.1, -0.05) is 18.2 Å². The van der Waals surface area contributed by atoms with E-state index in [1.807, 2.05) is 18.2 Å². The zero-order chi connectivity index (χ0) is 18.8. The Balaban J connectivity index is 1.44. The highest BCUT2D eigenvalue weighted by Gasteiger charge is 2.22. The molecule has 0 aromatic heterocycles. The van der Waals surface area contributed by atoms with Gasteiger partial charge in [-0.25, -0.2) is 4.39 Å². The average molecular weight is 361 g/mol. The first-order chi connectivity index (χ1) is 13.1. The Morgan fingerprint density at radius 2 is 1.81 bits per heavy atom. The Hall–Kier alpha value is -3.54. The molecule has 0 bridgehead atoms. The van der Waals surface area contributed by atoms with Gasteiger partial charge in [-0.15, -0.1) is 0 Å². The number of fused-ring (bicyclic) bond motifs is 1. The number of anilines is 1. The minimum absolute atomic E-state index is 0.149. The van der Waals surface area contributed by atoms with Gasteiger partial charge in [0.05, 0.1) is 12.2 Å². The van der Waals surface area contributed by atoms with Crippen molar-refractivity contribution < 1.29 is 14.0 Å². The minimum atomic E-state index is -0.455. The van der Waals surface area contributed by atoms with Crippen molar-refractivity contribution in [1.29, 1.82) is 0 Å². The molecule has 0 atom stereocenters. The summed E-state index contributed by atoms with van der Waals surface area (Å²) in [5, 5.41) is 5.41. The van der Waals surface area contributed by atoms with Crippen LogP contribution in [-0.2, 0) is 11.2 Å². The van der Waals surface area contributed by atoms with E-state index in [9.17, 15) is 14.0 Å². The fraction of sp³-hybridized carbons (Fsp3) is 0.0952. The van der Waals surface area contributed by atoms with Gasteiger partial charge in [0.1, 0.15) is 11.5 Å². The normalized spacial score (nSPS) is 14.4. The van der Waals surface area contributed by atoms with Crippen molar-refractivity contribution in [2.45, 2.75) is 6.42 Å². The first kappa shape index (κ1) is 16.9. The number of carbonyl (C=O) groups excluding carboxylic acids is 2. The van der Waals surface area contributed by atoms with E-state index in [1.54, 1.807) is 12.1 Å². The molecule has 2 N–H and O–H groups in total. The molecular formula is C21H16FN3O2. The Morgan fingerprint density at radius 1 is 1.00 bits per heavy atom. The monoisotopic (exact) mass is 361 g/mol. The number of carbonyl (C=O) groups is 2.